The second-order valence-corrected chi connectivity index (χ2v) is 4.81. The first-order valence-corrected chi connectivity index (χ1v) is 6.31. The van der Waals surface area contributed by atoms with Crippen LogP contribution < -0.4 is 0 Å². The van der Waals surface area contributed by atoms with Crippen molar-refractivity contribution in [2.24, 2.45) is 0 Å². The molecule has 1 atom stereocenters. The van der Waals surface area contributed by atoms with E-state index in [1.807, 2.05) is 30.3 Å². The number of furan rings is 1. The molecule has 3 nitrogen and oxygen atoms in total. The zero-order chi connectivity index (χ0) is 12.5. The first kappa shape index (κ1) is 11.4. The Labute approximate surface area is 112 Å². The number of pyridine rings is 1. The number of nitrogens with zero attached hydrogens (tertiary/aromatic N) is 1. The minimum absolute atomic E-state index is 0.494. The highest BCUT2D eigenvalue weighted by Gasteiger charge is 2.19. The molecule has 1 aromatic carbocycles. The third kappa shape index (κ3) is 1.83. The van der Waals surface area contributed by atoms with Gasteiger partial charge in [-0.1, -0.05) is 24.3 Å². The molecule has 0 aliphatic rings. The van der Waals surface area contributed by atoms with Crippen LogP contribution in [0.2, 0.25) is 0 Å². The van der Waals surface area contributed by atoms with Crippen molar-refractivity contribution in [2.75, 3.05) is 0 Å². The summed E-state index contributed by atoms with van der Waals surface area (Å²) < 4.78 is 6.06. The van der Waals surface area contributed by atoms with Gasteiger partial charge in [-0.15, -0.1) is 0 Å². The maximum atomic E-state index is 10.4. The fourth-order valence-electron chi connectivity index (χ4n) is 1.99. The average molecular weight is 304 g/mol. The molecule has 2 aromatic heterocycles. The van der Waals surface area contributed by atoms with Crippen LogP contribution in [0.1, 0.15) is 17.4 Å². The van der Waals surface area contributed by atoms with Crippen LogP contribution in [0.15, 0.2) is 57.7 Å². The molecule has 3 aromatic rings. The van der Waals surface area contributed by atoms with E-state index in [1.54, 1.807) is 18.5 Å². The molecule has 0 aliphatic heterocycles. The zero-order valence-corrected chi connectivity index (χ0v) is 11.0. The number of rotatable bonds is 2. The van der Waals surface area contributed by atoms with Gasteiger partial charge < -0.3 is 9.52 Å². The molecule has 4 heteroatoms. The summed E-state index contributed by atoms with van der Waals surface area (Å²) in [5.41, 5.74) is 1.53. The van der Waals surface area contributed by atoms with Crippen LogP contribution in [-0.2, 0) is 0 Å². The van der Waals surface area contributed by atoms with Crippen molar-refractivity contribution in [3.05, 3.63) is 64.7 Å². The highest BCUT2D eigenvalue weighted by Crippen LogP contribution is 2.32. The summed E-state index contributed by atoms with van der Waals surface area (Å²) in [5.74, 6) is 0.494. The van der Waals surface area contributed by atoms with Crippen molar-refractivity contribution >= 4 is 26.8 Å². The lowest BCUT2D eigenvalue weighted by Gasteiger charge is -2.11. The van der Waals surface area contributed by atoms with Crippen molar-refractivity contribution in [1.82, 2.24) is 4.98 Å². The second kappa shape index (κ2) is 4.55. The molecule has 0 amide bonds. The molecule has 90 valence electrons. The van der Waals surface area contributed by atoms with E-state index in [4.69, 9.17) is 4.42 Å². The Balaban J connectivity index is 2.18. The molecule has 0 bridgehead atoms. The Morgan fingerprint density at radius 2 is 2.00 bits per heavy atom. The van der Waals surface area contributed by atoms with E-state index in [0.717, 1.165) is 20.9 Å². The van der Waals surface area contributed by atoms with Gasteiger partial charge in [0.15, 0.2) is 5.76 Å². The molecule has 0 fully saturated rings. The van der Waals surface area contributed by atoms with Crippen LogP contribution in [0.3, 0.4) is 0 Å². The van der Waals surface area contributed by atoms with Gasteiger partial charge >= 0.3 is 0 Å². The van der Waals surface area contributed by atoms with Crippen molar-refractivity contribution in [2.45, 2.75) is 6.10 Å². The Morgan fingerprint density at radius 1 is 1.17 bits per heavy atom. The predicted octanol–water partition coefficient (Wildman–Crippen LogP) is 3.67. The third-order valence-corrected chi connectivity index (χ3v) is 3.51. The number of aliphatic hydroxyl groups is 1. The van der Waals surface area contributed by atoms with Gasteiger partial charge in [-0.25, -0.2) is 0 Å². The van der Waals surface area contributed by atoms with Gasteiger partial charge in [0.1, 0.15) is 6.10 Å². The monoisotopic (exact) mass is 303 g/mol. The van der Waals surface area contributed by atoms with Crippen LogP contribution in [0.4, 0.5) is 0 Å². The van der Waals surface area contributed by atoms with Gasteiger partial charge in [0, 0.05) is 17.1 Å². The zero-order valence-electron chi connectivity index (χ0n) is 9.38. The van der Waals surface area contributed by atoms with Crippen molar-refractivity contribution in [1.29, 1.82) is 0 Å². The highest BCUT2D eigenvalue weighted by atomic mass is 79.9. The highest BCUT2D eigenvalue weighted by molar-refractivity contribution is 9.10. The maximum Gasteiger partial charge on any atom is 0.151 e. The number of halogens is 1. The molecule has 1 N–H and O–H groups in total. The number of para-hydroxylation sites is 1. The minimum atomic E-state index is -0.826. The molecule has 0 saturated heterocycles. The smallest absolute Gasteiger partial charge is 0.151 e. The van der Waals surface area contributed by atoms with Crippen LogP contribution in [0.5, 0.6) is 0 Å². The number of benzene rings is 1. The second-order valence-electron chi connectivity index (χ2n) is 3.96. The summed E-state index contributed by atoms with van der Waals surface area (Å²) in [6.07, 6.45) is 2.43. The summed E-state index contributed by atoms with van der Waals surface area (Å²) in [4.78, 5) is 4.32. The lowest BCUT2D eigenvalue weighted by Crippen LogP contribution is -2.00. The van der Waals surface area contributed by atoms with Gasteiger partial charge in [0.25, 0.3) is 0 Å². The van der Waals surface area contributed by atoms with E-state index >= 15 is 0 Å². The SMILES string of the molecule is OC(c1occc1Br)c1cccc2cccnc12. The number of aromatic nitrogens is 1. The Bertz CT molecular complexity index is 688. The van der Waals surface area contributed by atoms with E-state index < -0.39 is 6.10 Å². The van der Waals surface area contributed by atoms with Crippen molar-refractivity contribution in [3.63, 3.8) is 0 Å². The average Bonchev–Trinajstić information content (AvgIpc) is 2.83. The van der Waals surface area contributed by atoms with E-state index in [2.05, 4.69) is 20.9 Å². The normalized spacial score (nSPS) is 12.8. The predicted molar refractivity (Wildman–Crippen MR) is 72.2 cm³/mol. The number of hydrogen-bond donors (Lipinski definition) is 1. The topological polar surface area (TPSA) is 46.3 Å². The largest absolute Gasteiger partial charge is 0.465 e. The Hall–Kier alpha value is -1.65. The van der Waals surface area contributed by atoms with Gasteiger partial charge in [-0.05, 0) is 28.1 Å². The number of fused-ring (bicyclic) bond motifs is 1. The van der Waals surface area contributed by atoms with Gasteiger partial charge in [0.2, 0.25) is 0 Å². The Kier molecular flexibility index (Phi) is 2.89. The summed E-state index contributed by atoms with van der Waals surface area (Å²) >= 11 is 3.35. The minimum Gasteiger partial charge on any atom is -0.465 e. The third-order valence-electron chi connectivity index (χ3n) is 2.85. The van der Waals surface area contributed by atoms with E-state index in [0.29, 0.717) is 5.76 Å². The standard InChI is InChI=1S/C14H10BrNO2/c15-11-6-8-18-14(11)13(17)10-5-1-3-9-4-2-7-16-12(9)10/h1-8,13,17H. The molecule has 1 unspecified atom stereocenters. The summed E-state index contributed by atoms with van der Waals surface area (Å²) in [6.45, 7) is 0. The summed E-state index contributed by atoms with van der Waals surface area (Å²) in [6, 6.07) is 11.3. The fraction of sp³-hybridized carbons (Fsp3) is 0.0714. The number of hydrogen-bond acceptors (Lipinski definition) is 3. The molecule has 0 saturated carbocycles. The Morgan fingerprint density at radius 3 is 2.78 bits per heavy atom. The quantitative estimate of drug-likeness (QED) is 0.785. The van der Waals surface area contributed by atoms with Crippen molar-refractivity contribution < 1.29 is 9.52 Å². The first-order valence-electron chi connectivity index (χ1n) is 5.52. The molecule has 0 aliphatic carbocycles. The van der Waals surface area contributed by atoms with Gasteiger partial charge in [0.05, 0.1) is 16.3 Å². The molecular formula is C14H10BrNO2. The van der Waals surface area contributed by atoms with E-state index in [1.165, 1.54) is 0 Å². The lowest BCUT2D eigenvalue weighted by molar-refractivity contribution is 0.189. The maximum absolute atomic E-state index is 10.4. The lowest BCUT2D eigenvalue weighted by atomic mass is 10.0. The van der Waals surface area contributed by atoms with Crippen molar-refractivity contribution in [3.8, 4) is 0 Å². The summed E-state index contributed by atoms with van der Waals surface area (Å²) in [7, 11) is 0. The molecule has 0 spiro atoms. The van der Waals surface area contributed by atoms with Crippen LogP contribution in [0.25, 0.3) is 10.9 Å². The summed E-state index contributed by atoms with van der Waals surface area (Å²) in [5, 5.41) is 11.4. The molecule has 3 rings (SSSR count). The fourth-order valence-corrected chi connectivity index (χ4v) is 2.41. The van der Waals surface area contributed by atoms with Crippen LogP contribution >= 0.6 is 15.9 Å². The van der Waals surface area contributed by atoms with E-state index in [9.17, 15) is 5.11 Å². The first-order chi connectivity index (χ1) is 8.77. The van der Waals surface area contributed by atoms with Gasteiger partial charge in [-0.2, -0.15) is 0 Å². The number of aliphatic hydroxyl groups excluding tert-OH is 1. The molecule has 18 heavy (non-hydrogen) atoms. The van der Waals surface area contributed by atoms with Gasteiger partial charge in [-0.3, -0.25) is 4.98 Å². The van der Waals surface area contributed by atoms with Crippen LogP contribution in [0, 0.1) is 0 Å². The van der Waals surface area contributed by atoms with Crippen LogP contribution in [-0.4, -0.2) is 10.1 Å². The molecular weight excluding hydrogens is 294 g/mol. The van der Waals surface area contributed by atoms with E-state index in [-0.39, 0.29) is 0 Å². The molecule has 0 radical (unpaired) electrons. The molecule has 2 heterocycles.